The summed E-state index contributed by atoms with van der Waals surface area (Å²) in [6.07, 6.45) is 15.2. The van der Waals surface area contributed by atoms with E-state index in [1.165, 1.54) is 38.5 Å². The van der Waals surface area contributed by atoms with E-state index < -0.39 is 28.5 Å². The summed E-state index contributed by atoms with van der Waals surface area (Å²) in [5, 5.41) is 28.0. The molecule has 7 saturated heterocycles. The van der Waals surface area contributed by atoms with Crippen LogP contribution >= 0.6 is 112 Å². The number of hydrogen-bond donors (Lipinski definition) is 3. The normalized spacial score (nSPS) is 21.5. The van der Waals surface area contributed by atoms with Gasteiger partial charge in [-0.1, -0.05) is 194 Å². The van der Waals surface area contributed by atoms with Gasteiger partial charge < -0.3 is 99.6 Å². The molecule has 0 aromatic heterocycles. The third-order valence-corrected chi connectivity index (χ3v) is 31.2. The molecule has 9 aliphatic rings. The number of aryl methyl sites for hydroxylation is 1. The zero-order valence-corrected chi connectivity index (χ0v) is 94.4. The van der Waals surface area contributed by atoms with Crippen LogP contribution in [0.15, 0.2) is 165 Å². The van der Waals surface area contributed by atoms with Crippen LogP contribution in [0.3, 0.4) is 0 Å². The fraction of sp³-hybridized carbons (Fsp3) is 0.607. The van der Waals surface area contributed by atoms with Gasteiger partial charge in [-0.15, -0.1) is 0 Å². The summed E-state index contributed by atoms with van der Waals surface area (Å²) in [6, 6.07) is 41.6. The predicted molar refractivity (Wildman–Crippen MR) is 610 cm³/mol. The van der Waals surface area contributed by atoms with Gasteiger partial charge in [0.2, 0.25) is 0 Å². The SMILES string of the molecule is C.C.C.C.C.C.C.CC(Oc1ccc(B2OC(C)(C)C(C)(C)O2)cc1Br)OC1CCCCC1.CC(Oc1ccc(Br)cc1B1OC(C)(C)C(C)(C)O1)OC1CCCCC1.CC1(C)OB(c2cc(Br)cc(OC3CCCCO3)c2)OC1(C)C.CC1(C)OB(c2cc(O)cc(Br)c2)OC1(C)C.CC1(C)OB(c2ccc(O)c(Br)c2)OC1(C)C.CC1(C)OB(c2cccc(Br)c2)OC1(C)C.Cc1cc(O)cc(Br)c1. The molecule has 9 fully saturated rings. The number of benzene rings is 7. The minimum Gasteiger partial charge on any atom is -0.508 e. The van der Waals surface area contributed by atoms with Crippen LogP contribution in [0.5, 0.6) is 34.5 Å². The van der Waals surface area contributed by atoms with E-state index in [9.17, 15) is 10.2 Å². The summed E-state index contributed by atoms with van der Waals surface area (Å²) in [4.78, 5) is 0. The highest BCUT2D eigenvalue weighted by atomic mass is 79.9. The number of ether oxygens (including phenoxy) is 6. The van der Waals surface area contributed by atoms with Crippen molar-refractivity contribution in [2.24, 2.45) is 0 Å². The molecule has 141 heavy (non-hydrogen) atoms. The van der Waals surface area contributed by atoms with Crippen molar-refractivity contribution >= 4 is 187 Å². The monoisotopic (exact) mass is 2410 g/mol. The molecule has 2 saturated carbocycles. The fourth-order valence-electron chi connectivity index (χ4n) is 15.3. The van der Waals surface area contributed by atoms with E-state index in [1.54, 1.807) is 30.3 Å². The molecule has 34 heteroatoms. The Bertz CT molecular complexity index is 4880. The molecule has 16 rings (SSSR count). The standard InChI is InChI=1S/2C20H30BBrO4.C17H24BBrO4.2C12H16BBrO3.C12H16BBrO2.C7H7BrO.7CH4/c1-14(23-16-9-7-6-8-10-16)24-18-12-11-15(22)13-17(18)21-25-19(2,3)20(4,5)26-21;1-14(23-16-9-7-6-8-10-16)24-18-12-11-15(13-17(18)22)21-25-19(2,3)20(4,5)26-21;1-16(2)17(3,4)23-18(22-16)12-9-13(19)11-14(10-12)21-15-7-5-6-8-20-15;1-11(2)12(3,4)17-13(16-11)8-5-9(14)7-10(15)6-8;1-11(2)12(3,4)17-13(16-11)8-5-6-10(15)9(14)7-8;1-11(2)12(3,4)16-13(15-11)9-6-5-7-10(14)8-9;1-5-2-6(8)4-7(9)3-5;;;;;;;/h2*11-14,16H,6-10H2,1-5H3;9-11,15H,5-8H2,1-4H3;2*5-7,15H,1-4H3;5-8H,1-4H3;2-4,9H,1H3;7*1H4. The molecule has 2 aliphatic carbocycles. The summed E-state index contributed by atoms with van der Waals surface area (Å²) in [5.74, 6) is 3.01. The van der Waals surface area contributed by atoms with E-state index in [4.69, 9.17) is 89.4 Å². The second kappa shape index (κ2) is 54.0. The number of halogens is 7. The molecule has 3 atom stereocenters. The lowest BCUT2D eigenvalue weighted by atomic mass is 9.78. The second-order valence-electron chi connectivity index (χ2n) is 41.7. The molecule has 21 nitrogen and oxygen atoms in total. The topological polar surface area (TPSA) is 227 Å². The number of phenolic OH excluding ortho intramolecular Hbond substituents is 3. The molecule has 0 bridgehead atoms. The quantitative estimate of drug-likeness (QED) is 0.0603. The Morgan fingerprint density at radius 1 is 0.305 bits per heavy atom. The van der Waals surface area contributed by atoms with Crippen molar-refractivity contribution in [2.75, 3.05) is 6.61 Å². The van der Waals surface area contributed by atoms with Gasteiger partial charge in [0.1, 0.15) is 34.5 Å². The van der Waals surface area contributed by atoms with Gasteiger partial charge in [0.25, 0.3) is 0 Å². The largest absolute Gasteiger partial charge is 0.508 e. The van der Waals surface area contributed by atoms with Crippen molar-refractivity contribution in [3.63, 3.8) is 0 Å². The van der Waals surface area contributed by atoms with E-state index in [0.29, 0.717) is 22.4 Å². The average Bonchev–Trinajstić information content (AvgIpc) is 1.62. The van der Waals surface area contributed by atoms with Crippen LogP contribution < -0.4 is 47.0 Å². The highest BCUT2D eigenvalue weighted by Crippen LogP contribution is 2.44. The Morgan fingerprint density at radius 2 is 0.631 bits per heavy atom. The summed E-state index contributed by atoms with van der Waals surface area (Å²) >= 11 is 24.1. The second-order valence-corrected chi connectivity index (χ2v) is 48.0. The molecule has 7 aromatic carbocycles. The van der Waals surface area contributed by atoms with Crippen molar-refractivity contribution in [3.05, 3.63) is 170 Å². The van der Waals surface area contributed by atoms with Crippen LogP contribution in [-0.2, 0) is 70.1 Å². The van der Waals surface area contributed by atoms with Crippen LogP contribution in [0.1, 0.15) is 321 Å². The fourth-order valence-corrected chi connectivity index (χ4v) is 18.6. The molecule has 7 aromatic rings. The highest BCUT2D eigenvalue weighted by Gasteiger charge is 2.58. The van der Waals surface area contributed by atoms with Gasteiger partial charge in [-0.25, -0.2) is 0 Å². The number of phenols is 3. The smallest absolute Gasteiger partial charge is 0.498 e. The first-order valence-corrected chi connectivity index (χ1v) is 52.3. The number of aromatic hydroxyl groups is 3. The Labute approximate surface area is 910 Å². The lowest BCUT2D eigenvalue weighted by molar-refractivity contribution is -0.117. The van der Waals surface area contributed by atoms with Crippen molar-refractivity contribution in [1.82, 2.24) is 0 Å². The first-order chi connectivity index (χ1) is 62.1. The van der Waals surface area contributed by atoms with Crippen LogP contribution in [0.2, 0.25) is 0 Å². The van der Waals surface area contributed by atoms with Crippen molar-refractivity contribution in [2.45, 2.75) is 421 Å². The lowest BCUT2D eigenvalue weighted by Crippen LogP contribution is -2.41. The third-order valence-electron chi connectivity index (χ3n) is 27.6. The van der Waals surface area contributed by atoms with Crippen LogP contribution in [-0.4, -0.2) is 163 Å². The van der Waals surface area contributed by atoms with Gasteiger partial charge in [-0.3, -0.25) is 0 Å². The van der Waals surface area contributed by atoms with Crippen LogP contribution in [0, 0.1) is 6.92 Å². The Morgan fingerprint density at radius 3 is 1.00 bits per heavy atom. The first-order valence-electron chi connectivity index (χ1n) is 46.7. The molecular formula is C107H167B6Br7O21. The minimum absolute atomic E-state index is 0. The molecule has 7 aliphatic heterocycles. The first kappa shape index (κ1) is 132. The van der Waals surface area contributed by atoms with Crippen molar-refractivity contribution in [1.29, 1.82) is 0 Å². The van der Waals surface area contributed by atoms with E-state index in [-0.39, 0.29) is 164 Å². The maximum absolute atomic E-state index is 9.57. The van der Waals surface area contributed by atoms with Gasteiger partial charge in [0, 0.05) is 34.2 Å². The molecule has 3 unspecified atom stereocenters. The number of rotatable bonds is 16. The van der Waals surface area contributed by atoms with E-state index in [2.05, 4.69) is 222 Å². The predicted octanol–water partition coefficient (Wildman–Crippen LogP) is 27.9. The maximum Gasteiger partial charge on any atom is 0.498 e. The molecule has 7 heterocycles. The molecule has 0 spiro atoms. The molecule has 788 valence electrons. The van der Waals surface area contributed by atoms with E-state index in [0.717, 1.165) is 134 Å². The van der Waals surface area contributed by atoms with Crippen molar-refractivity contribution < 1.29 is 99.6 Å². The Kier molecular flexibility index (Phi) is 50.4. The highest BCUT2D eigenvalue weighted by molar-refractivity contribution is 9.11. The van der Waals surface area contributed by atoms with Crippen LogP contribution in [0.4, 0.5) is 0 Å². The molecule has 0 radical (unpaired) electrons. The van der Waals surface area contributed by atoms with Gasteiger partial charge in [-0.2, -0.15) is 0 Å². The van der Waals surface area contributed by atoms with Gasteiger partial charge in [0.15, 0.2) is 18.9 Å². The van der Waals surface area contributed by atoms with Gasteiger partial charge in [0.05, 0.1) is 95.0 Å². The summed E-state index contributed by atoms with van der Waals surface area (Å²) in [6.45, 7) is 55.6. The van der Waals surface area contributed by atoms with E-state index >= 15 is 0 Å². The summed E-state index contributed by atoms with van der Waals surface area (Å²) < 4.78 is 115. The maximum atomic E-state index is 9.57. The summed E-state index contributed by atoms with van der Waals surface area (Å²) in [7, 11) is -2.34. The van der Waals surface area contributed by atoms with Gasteiger partial charge in [-0.05, 0) is 399 Å². The van der Waals surface area contributed by atoms with Crippen LogP contribution in [0.25, 0.3) is 0 Å². The molecule has 3 N–H and O–H groups in total. The average molecular weight is 2410 g/mol. The summed E-state index contributed by atoms with van der Waals surface area (Å²) in [5.41, 5.74) is 2.48. The Hall–Kier alpha value is -3.51. The van der Waals surface area contributed by atoms with E-state index in [1.807, 2.05) is 179 Å². The van der Waals surface area contributed by atoms with Crippen molar-refractivity contribution in [3.8, 4) is 34.5 Å². The lowest BCUT2D eigenvalue weighted by Gasteiger charge is -2.32. The number of hydrogen-bond acceptors (Lipinski definition) is 21. The molecular weight excluding hydrogens is 2250 g/mol. The molecule has 0 amide bonds. The minimum atomic E-state index is -0.464. The Balaban J connectivity index is 0.000000427. The zero-order chi connectivity index (χ0) is 99.1. The third kappa shape index (κ3) is 35.6. The zero-order valence-electron chi connectivity index (χ0n) is 83.3. The van der Waals surface area contributed by atoms with Gasteiger partial charge >= 0.3 is 42.7 Å².